The van der Waals surface area contributed by atoms with Gasteiger partial charge < -0.3 is 15.0 Å². The largest absolute Gasteiger partial charge is 0.445 e. The molecule has 0 bridgehead atoms. The Labute approximate surface area is 149 Å². The summed E-state index contributed by atoms with van der Waals surface area (Å²) < 4.78 is 5.50. The van der Waals surface area contributed by atoms with E-state index in [4.69, 9.17) is 4.74 Å². The number of fused-ring (bicyclic) bond motifs is 1. The Bertz CT molecular complexity index is 655. The average molecular weight is 345 g/mol. The highest BCUT2D eigenvalue weighted by Gasteiger charge is 2.42. The Hall–Kier alpha value is -1.92. The number of ether oxygens (including phenoxy) is 1. The minimum absolute atomic E-state index is 0.00334. The fraction of sp³-hybridized carbons (Fsp3) is 0.579. The minimum atomic E-state index is -1.15. The fourth-order valence-electron chi connectivity index (χ4n) is 3.50. The number of rotatable bonds is 4. The van der Waals surface area contributed by atoms with E-state index in [2.05, 4.69) is 22.2 Å². The molecular formula is C19H27N3O3. The van der Waals surface area contributed by atoms with Gasteiger partial charge in [-0.15, -0.1) is 0 Å². The number of hydrogen-bond acceptors (Lipinski definition) is 5. The van der Waals surface area contributed by atoms with Gasteiger partial charge >= 0.3 is 5.97 Å². The average Bonchev–Trinajstić information content (AvgIpc) is 2.57. The normalized spacial score (nSPS) is 25.8. The van der Waals surface area contributed by atoms with Crippen molar-refractivity contribution in [3.63, 3.8) is 0 Å². The standard InChI is InChI=1S/C19H27N3O3/c1-14(13-22-10-8-21(3)9-11-22)20-18(24)19(2)12-15-6-4-5-7-16(15)17(23)25-19/h4-7,14H,8-13H2,1-3H3,(H,20,24)/t14-,19-/m1/s1. The fourth-order valence-corrected chi connectivity index (χ4v) is 3.50. The molecule has 25 heavy (non-hydrogen) atoms. The Morgan fingerprint density at radius 3 is 2.68 bits per heavy atom. The predicted molar refractivity (Wildman–Crippen MR) is 95.5 cm³/mol. The van der Waals surface area contributed by atoms with Crippen molar-refractivity contribution < 1.29 is 14.3 Å². The smallest absolute Gasteiger partial charge is 0.339 e. The molecule has 1 aromatic carbocycles. The molecule has 136 valence electrons. The van der Waals surface area contributed by atoms with Gasteiger partial charge in [-0.3, -0.25) is 9.69 Å². The third-order valence-electron chi connectivity index (χ3n) is 5.07. The minimum Gasteiger partial charge on any atom is -0.445 e. The zero-order valence-electron chi connectivity index (χ0n) is 15.2. The lowest BCUT2D eigenvalue weighted by molar-refractivity contribution is -0.140. The highest BCUT2D eigenvalue weighted by Crippen LogP contribution is 2.28. The van der Waals surface area contributed by atoms with Crippen LogP contribution in [-0.4, -0.2) is 73.1 Å². The van der Waals surface area contributed by atoms with Crippen molar-refractivity contribution in [1.82, 2.24) is 15.1 Å². The van der Waals surface area contributed by atoms with Crippen LogP contribution in [0.15, 0.2) is 24.3 Å². The van der Waals surface area contributed by atoms with Crippen molar-refractivity contribution in [1.29, 1.82) is 0 Å². The summed E-state index contributed by atoms with van der Waals surface area (Å²) in [6.45, 7) is 8.61. The molecule has 2 aliphatic rings. The van der Waals surface area contributed by atoms with E-state index in [1.165, 1.54) is 0 Å². The van der Waals surface area contributed by atoms with Crippen LogP contribution in [0.1, 0.15) is 29.8 Å². The summed E-state index contributed by atoms with van der Waals surface area (Å²) in [7, 11) is 2.12. The van der Waals surface area contributed by atoms with Crippen LogP contribution in [0, 0.1) is 0 Å². The molecule has 2 heterocycles. The molecule has 1 amide bonds. The van der Waals surface area contributed by atoms with E-state index in [1.807, 2.05) is 19.1 Å². The second-order valence-corrected chi connectivity index (χ2v) is 7.43. The van der Waals surface area contributed by atoms with Gasteiger partial charge in [-0.2, -0.15) is 0 Å². The first-order valence-corrected chi connectivity index (χ1v) is 8.90. The highest BCUT2D eigenvalue weighted by atomic mass is 16.6. The van der Waals surface area contributed by atoms with Crippen LogP contribution in [0.25, 0.3) is 0 Å². The number of hydrogen-bond donors (Lipinski definition) is 1. The van der Waals surface area contributed by atoms with Crippen LogP contribution in [-0.2, 0) is 16.0 Å². The molecule has 1 N–H and O–H groups in total. The van der Waals surface area contributed by atoms with Crippen LogP contribution in [0.4, 0.5) is 0 Å². The van der Waals surface area contributed by atoms with E-state index in [1.54, 1.807) is 19.1 Å². The molecule has 0 aliphatic carbocycles. The van der Waals surface area contributed by atoms with Crippen molar-refractivity contribution >= 4 is 11.9 Å². The first-order valence-electron chi connectivity index (χ1n) is 8.90. The summed E-state index contributed by atoms with van der Waals surface area (Å²) in [4.78, 5) is 29.7. The van der Waals surface area contributed by atoms with Crippen LogP contribution in [0.5, 0.6) is 0 Å². The zero-order chi connectivity index (χ0) is 18.0. The van der Waals surface area contributed by atoms with Gasteiger partial charge in [-0.1, -0.05) is 18.2 Å². The number of benzene rings is 1. The first-order chi connectivity index (χ1) is 11.9. The number of nitrogens with zero attached hydrogens (tertiary/aromatic N) is 2. The number of carbonyl (C=O) groups is 2. The first kappa shape index (κ1) is 17.9. The van der Waals surface area contributed by atoms with E-state index < -0.39 is 11.6 Å². The van der Waals surface area contributed by atoms with Gasteiger partial charge in [0.15, 0.2) is 5.60 Å². The maximum atomic E-state index is 12.8. The Balaban J connectivity index is 1.60. The van der Waals surface area contributed by atoms with E-state index in [-0.39, 0.29) is 11.9 Å². The van der Waals surface area contributed by atoms with Gasteiger partial charge in [0.2, 0.25) is 0 Å². The zero-order valence-corrected chi connectivity index (χ0v) is 15.2. The molecule has 2 atom stereocenters. The van der Waals surface area contributed by atoms with Crippen LogP contribution in [0.2, 0.25) is 0 Å². The maximum Gasteiger partial charge on any atom is 0.339 e. The molecule has 0 radical (unpaired) electrons. The number of cyclic esters (lactones) is 1. The molecule has 0 unspecified atom stereocenters. The van der Waals surface area contributed by atoms with Gasteiger partial charge in [0.1, 0.15) is 0 Å². The van der Waals surface area contributed by atoms with Crippen molar-refractivity contribution in [3.05, 3.63) is 35.4 Å². The summed E-state index contributed by atoms with van der Waals surface area (Å²) >= 11 is 0. The molecule has 1 fully saturated rings. The highest BCUT2D eigenvalue weighted by molar-refractivity contribution is 5.97. The van der Waals surface area contributed by atoms with E-state index in [0.29, 0.717) is 12.0 Å². The van der Waals surface area contributed by atoms with Crippen LogP contribution >= 0.6 is 0 Å². The summed E-state index contributed by atoms with van der Waals surface area (Å²) in [5.41, 5.74) is 0.267. The van der Waals surface area contributed by atoms with E-state index >= 15 is 0 Å². The number of carbonyl (C=O) groups excluding carboxylic acids is 2. The molecule has 6 nitrogen and oxygen atoms in total. The van der Waals surface area contributed by atoms with Gasteiger partial charge in [0.25, 0.3) is 5.91 Å². The van der Waals surface area contributed by atoms with Gasteiger partial charge in [-0.05, 0) is 32.5 Å². The summed E-state index contributed by atoms with van der Waals surface area (Å²) in [6, 6.07) is 7.32. The molecule has 0 aromatic heterocycles. The number of likely N-dealkylation sites (N-methyl/N-ethyl adjacent to an activating group) is 1. The molecule has 1 aromatic rings. The quantitative estimate of drug-likeness (QED) is 0.822. The number of nitrogens with one attached hydrogen (secondary N) is 1. The number of esters is 1. The Morgan fingerprint density at radius 2 is 1.96 bits per heavy atom. The summed E-state index contributed by atoms with van der Waals surface area (Å²) in [6.07, 6.45) is 0.405. The van der Waals surface area contributed by atoms with Crippen molar-refractivity contribution in [2.75, 3.05) is 39.8 Å². The van der Waals surface area contributed by atoms with Crippen LogP contribution < -0.4 is 5.32 Å². The van der Waals surface area contributed by atoms with Crippen molar-refractivity contribution in [2.45, 2.75) is 31.9 Å². The molecule has 3 rings (SSSR count). The number of piperazine rings is 1. The predicted octanol–water partition coefficient (Wildman–Crippen LogP) is 0.910. The lowest BCUT2D eigenvalue weighted by Gasteiger charge is -2.36. The summed E-state index contributed by atoms with van der Waals surface area (Å²) in [5, 5.41) is 3.03. The Kier molecular flexibility index (Phi) is 5.11. The monoisotopic (exact) mass is 345 g/mol. The maximum absolute atomic E-state index is 12.8. The topological polar surface area (TPSA) is 61.9 Å². The number of amides is 1. The molecular weight excluding hydrogens is 318 g/mol. The van der Waals surface area contributed by atoms with E-state index in [9.17, 15) is 9.59 Å². The lowest BCUT2D eigenvalue weighted by atomic mass is 9.89. The second-order valence-electron chi connectivity index (χ2n) is 7.43. The molecule has 6 heteroatoms. The van der Waals surface area contributed by atoms with Gasteiger partial charge in [-0.25, -0.2) is 4.79 Å². The molecule has 0 spiro atoms. The van der Waals surface area contributed by atoms with Gasteiger partial charge in [0.05, 0.1) is 5.56 Å². The molecule has 1 saturated heterocycles. The van der Waals surface area contributed by atoms with Crippen molar-refractivity contribution in [2.24, 2.45) is 0 Å². The molecule has 2 aliphatic heterocycles. The van der Waals surface area contributed by atoms with Gasteiger partial charge in [0, 0.05) is 45.2 Å². The SMILES string of the molecule is C[C@H](CN1CCN(C)CC1)NC(=O)[C@@]1(C)Cc2ccccc2C(=O)O1. The second kappa shape index (κ2) is 7.14. The third kappa shape index (κ3) is 4.02. The third-order valence-corrected chi connectivity index (χ3v) is 5.07. The van der Waals surface area contributed by atoms with Crippen molar-refractivity contribution in [3.8, 4) is 0 Å². The van der Waals surface area contributed by atoms with E-state index in [0.717, 1.165) is 38.3 Å². The molecule has 0 saturated carbocycles. The summed E-state index contributed by atoms with van der Waals surface area (Å²) in [5.74, 6) is -0.650. The van der Waals surface area contributed by atoms with Crippen LogP contribution in [0.3, 0.4) is 0 Å². The lowest BCUT2D eigenvalue weighted by Crippen LogP contribution is -2.56. The Morgan fingerprint density at radius 1 is 1.28 bits per heavy atom.